The Bertz CT molecular complexity index is 1180. The monoisotopic (exact) mass is 451 g/mol. The highest BCUT2D eigenvalue weighted by molar-refractivity contribution is 7.80. The third kappa shape index (κ3) is 4.56. The number of nitrogens with one attached hydrogen (secondary N) is 2. The van der Waals surface area contributed by atoms with Gasteiger partial charge in [-0.3, -0.25) is 4.79 Å². The number of ether oxygens (including phenoxy) is 3. The van der Waals surface area contributed by atoms with E-state index in [2.05, 4.69) is 10.3 Å². The van der Waals surface area contributed by atoms with Crippen LogP contribution in [-0.4, -0.2) is 47.5 Å². The Balaban J connectivity index is 1.43. The molecule has 1 aromatic heterocycles. The molecule has 2 aliphatic heterocycles. The van der Waals surface area contributed by atoms with Crippen LogP contribution in [0.4, 0.5) is 5.69 Å². The van der Waals surface area contributed by atoms with E-state index in [1.165, 1.54) is 0 Å². The minimum absolute atomic E-state index is 0.0997. The summed E-state index contributed by atoms with van der Waals surface area (Å²) in [6, 6.07) is 15.4. The fraction of sp³-hybridized carbons (Fsp3) is 0.333. The van der Waals surface area contributed by atoms with Crippen molar-refractivity contribution in [3.05, 3.63) is 64.4 Å². The number of para-hydroxylation sites is 1. The number of thiocarbonyl (C=S) groups is 1. The number of H-pyrrole nitrogens is 1. The zero-order valence-electron chi connectivity index (χ0n) is 17.6. The number of anilines is 1. The van der Waals surface area contributed by atoms with E-state index in [0.717, 1.165) is 36.0 Å². The highest BCUT2D eigenvalue weighted by Gasteiger charge is 2.22. The Morgan fingerprint density at radius 3 is 2.62 bits per heavy atom. The van der Waals surface area contributed by atoms with Crippen molar-refractivity contribution in [2.75, 3.05) is 31.7 Å². The van der Waals surface area contributed by atoms with Gasteiger partial charge in [-0.2, -0.15) is 0 Å². The van der Waals surface area contributed by atoms with E-state index < -0.39 is 0 Å². The van der Waals surface area contributed by atoms with Gasteiger partial charge in [0.15, 0.2) is 16.6 Å². The van der Waals surface area contributed by atoms with Gasteiger partial charge in [0.1, 0.15) is 13.2 Å². The molecule has 0 aliphatic carbocycles. The van der Waals surface area contributed by atoms with Crippen molar-refractivity contribution in [1.82, 2.24) is 9.88 Å². The van der Waals surface area contributed by atoms with Crippen LogP contribution in [0.15, 0.2) is 53.3 Å². The lowest BCUT2D eigenvalue weighted by molar-refractivity contribution is 0.0904. The number of aromatic nitrogens is 1. The summed E-state index contributed by atoms with van der Waals surface area (Å²) in [6.07, 6.45) is 2.13. The molecule has 1 saturated heterocycles. The van der Waals surface area contributed by atoms with Gasteiger partial charge in [0.2, 0.25) is 0 Å². The van der Waals surface area contributed by atoms with Crippen LogP contribution < -0.4 is 20.3 Å². The third-order valence-corrected chi connectivity index (χ3v) is 6.07. The second kappa shape index (κ2) is 9.18. The molecule has 2 N–H and O–H groups in total. The first-order valence-electron chi connectivity index (χ1n) is 10.8. The maximum atomic E-state index is 12.9. The van der Waals surface area contributed by atoms with Gasteiger partial charge in [0, 0.05) is 35.9 Å². The summed E-state index contributed by atoms with van der Waals surface area (Å²) in [5.74, 6) is 1.35. The summed E-state index contributed by atoms with van der Waals surface area (Å²) in [5, 5.41) is 4.74. The summed E-state index contributed by atoms with van der Waals surface area (Å²) in [7, 11) is 0. The van der Waals surface area contributed by atoms with E-state index in [-0.39, 0.29) is 11.7 Å². The zero-order chi connectivity index (χ0) is 21.9. The molecule has 1 atom stereocenters. The van der Waals surface area contributed by atoms with Crippen molar-refractivity contribution in [1.29, 1.82) is 0 Å². The Morgan fingerprint density at radius 2 is 1.88 bits per heavy atom. The van der Waals surface area contributed by atoms with Crippen molar-refractivity contribution >= 4 is 33.9 Å². The van der Waals surface area contributed by atoms with E-state index in [0.29, 0.717) is 48.5 Å². The molecular weight excluding hydrogens is 426 g/mol. The predicted octanol–water partition coefficient (Wildman–Crippen LogP) is 3.68. The topological polar surface area (TPSA) is 75.8 Å². The molecule has 0 radical (unpaired) electrons. The molecule has 2 aliphatic rings. The van der Waals surface area contributed by atoms with Crippen molar-refractivity contribution in [3.63, 3.8) is 0 Å². The van der Waals surface area contributed by atoms with Gasteiger partial charge < -0.3 is 29.4 Å². The maximum Gasteiger partial charge on any atom is 0.253 e. The molecule has 5 rings (SSSR count). The fourth-order valence-corrected chi connectivity index (χ4v) is 4.35. The first kappa shape index (κ1) is 20.8. The molecule has 3 heterocycles. The molecular formula is C24H25N3O4S. The molecule has 32 heavy (non-hydrogen) atoms. The molecule has 1 fully saturated rings. The van der Waals surface area contributed by atoms with Crippen LogP contribution in [0, 0.1) is 0 Å². The molecule has 7 nitrogen and oxygen atoms in total. The highest BCUT2D eigenvalue weighted by atomic mass is 32.1. The van der Waals surface area contributed by atoms with Gasteiger partial charge in [0.05, 0.1) is 18.2 Å². The number of hydrogen-bond acceptors (Lipinski definition) is 5. The number of benzene rings is 2. The standard InChI is InChI=1S/C24H25N3O4S/c28-23-17(11-16-12-21-22(13-20(16)26-23)31-10-9-30-21)14-27(15-19-7-4-8-29-19)24(32)25-18-5-2-1-3-6-18/h1-3,5-6,11-13,19H,4,7-10,14-15H2,(H,25,32)(H,26,28)/t19-/m0/s1. The molecule has 166 valence electrons. The van der Waals surface area contributed by atoms with Crippen LogP contribution >= 0.6 is 12.2 Å². The third-order valence-electron chi connectivity index (χ3n) is 5.71. The van der Waals surface area contributed by atoms with Gasteiger partial charge in [-0.1, -0.05) is 18.2 Å². The lowest BCUT2D eigenvalue weighted by Gasteiger charge is -2.28. The SMILES string of the molecule is O=c1[nH]c2cc3c(cc2cc1CN(C[C@@H]1CCCO1)C(=S)Nc1ccccc1)OCCO3. The summed E-state index contributed by atoms with van der Waals surface area (Å²) in [4.78, 5) is 17.9. The second-order valence-corrected chi connectivity index (χ2v) is 8.41. The molecule has 0 unspecified atom stereocenters. The van der Waals surface area contributed by atoms with E-state index >= 15 is 0 Å². The van der Waals surface area contributed by atoms with Crippen molar-refractivity contribution in [2.45, 2.75) is 25.5 Å². The largest absolute Gasteiger partial charge is 0.486 e. The van der Waals surface area contributed by atoms with Crippen LogP contribution in [0.2, 0.25) is 0 Å². The average Bonchev–Trinajstić information content (AvgIpc) is 3.32. The van der Waals surface area contributed by atoms with E-state index in [4.69, 9.17) is 26.4 Å². The van der Waals surface area contributed by atoms with Crippen molar-refractivity contribution in [3.8, 4) is 11.5 Å². The Kier molecular flexibility index (Phi) is 5.96. The molecule has 8 heteroatoms. The van der Waals surface area contributed by atoms with Crippen LogP contribution in [0.25, 0.3) is 10.9 Å². The normalized spacial score (nSPS) is 17.3. The van der Waals surface area contributed by atoms with Crippen LogP contribution in [0.5, 0.6) is 11.5 Å². The number of aromatic amines is 1. The summed E-state index contributed by atoms with van der Waals surface area (Å²) >= 11 is 5.72. The van der Waals surface area contributed by atoms with E-state index in [1.54, 1.807) is 0 Å². The van der Waals surface area contributed by atoms with E-state index in [9.17, 15) is 4.79 Å². The first-order valence-corrected chi connectivity index (χ1v) is 11.2. The van der Waals surface area contributed by atoms with Gasteiger partial charge >= 0.3 is 0 Å². The number of nitrogens with zero attached hydrogens (tertiary/aromatic N) is 1. The quantitative estimate of drug-likeness (QED) is 0.573. The molecule has 0 spiro atoms. The summed E-state index contributed by atoms with van der Waals surface area (Å²) in [6.45, 7) is 2.78. The number of pyridine rings is 1. The van der Waals surface area contributed by atoms with Crippen LogP contribution in [-0.2, 0) is 11.3 Å². The molecule has 0 amide bonds. The predicted molar refractivity (Wildman–Crippen MR) is 128 cm³/mol. The summed E-state index contributed by atoms with van der Waals surface area (Å²) < 4.78 is 17.2. The van der Waals surface area contributed by atoms with Gasteiger partial charge in [-0.25, -0.2) is 0 Å². The van der Waals surface area contributed by atoms with Gasteiger partial charge in [0.25, 0.3) is 5.56 Å². The van der Waals surface area contributed by atoms with Gasteiger partial charge in [-0.05, 0) is 49.3 Å². The second-order valence-electron chi connectivity index (χ2n) is 8.02. The molecule has 0 saturated carbocycles. The minimum Gasteiger partial charge on any atom is -0.486 e. The smallest absolute Gasteiger partial charge is 0.253 e. The lowest BCUT2D eigenvalue weighted by Crippen LogP contribution is -2.40. The van der Waals surface area contributed by atoms with Crippen LogP contribution in [0.1, 0.15) is 18.4 Å². The number of fused-ring (bicyclic) bond motifs is 2. The number of hydrogen-bond donors (Lipinski definition) is 2. The lowest BCUT2D eigenvalue weighted by atomic mass is 10.1. The number of rotatable bonds is 5. The zero-order valence-corrected chi connectivity index (χ0v) is 18.5. The molecule has 2 aromatic carbocycles. The van der Waals surface area contributed by atoms with Crippen LogP contribution in [0.3, 0.4) is 0 Å². The Hall–Kier alpha value is -3.10. The van der Waals surface area contributed by atoms with E-state index in [1.807, 2.05) is 53.4 Å². The Labute approximate surface area is 191 Å². The first-order chi connectivity index (χ1) is 15.7. The summed E-state index contributed by atoms with van der Waals surface area (Å²) in [5.41, 5.74) is 2.11. The maximum absolute atomic E-state index is 12.9. The average molecular weight is 452 g/mol. The van der Waals surface area contributed by atoms with Crippen molar-refractivity contribution in [2.24, 2.45) is 0 Å². The minimum atomic E-state index is -0.144. The molecule has 3 aromatic rings. The van der Waals surface area contributed by atoms with Gasteiger partial charge in [-0.15, -0.1) is 0 Å². The van der Waals surface area contributed by atoms with Crippen molar-refractivity contribution < 1.29 is 14.2 Å². The Morgan fingerprint density at radius 1 is 1.09 bits per heavy atom. The molecule has 0 bridgehead atoms. The highest BCUT2D eigenvalue weighted by Crippen LogP contribution is 2.33. The fourth-order valence-electron chi connectivity index (χ4n) is 4.09.